The maximum Gasteiger partial charge on any atom is 0.336 e. The highest BCUT2D eigenvalue weighted by molar-refractivity contribution is 5.88. The number of aryl methyl sites for hydroxylation is 2. The zero-order chi connectivity index (χ0) is 21.1. The van der Waals surface area contributed by atoms with Gasteiger partial charge < -0.3 is 18.9 Å². The molecule has 1 fully saturated rings. The highest BCUT2D eigenvalue weighted by atomic mass is 16.6. The van der Waals surface area contributed by atoms with Crippen molar-refractivity contribution < 1.29 is 23.7 Å². The molecular formula is C25H26O5. The summed E-state index contributed by atoms with van der Waals surface area (Å²) in [5.74, 6) is 1.80. The van der Waals surface area contributed by atoms with E-state index < -0.39 is 0 Å². The highest BCUT2D eigenvalue weighted by Gasteiger charge is 2.37. The van der Waals surface area contributed by atoms with Crippen LogP contribution in [0.4, 0.5) is 0 Å². The third-order valence-electron chi connectivity index (χ3n) is 5.24. The molecule has 3 atom stereocenters. The van der Waals surface area contributed by atoms with Crippen molar-refractivity contribution in [1.29, 1.82) is 0 Å². The van der Waals surface area contributed by atoms with E-state index in [0.717, 1.165) is 17.1 Å². The fraction of sp³-hybridized carbons (Fsp3) is 0.320. The third-order valence-corrected chi connectivity index (χ3v) is 5.24. The van der Waals surface area contributed by atoms with Gasteiger partial charge in [0.2, 0.25) is 0 Å². The van der Waals surface area contributed by atoms with E-state index >= 15 is 0 Å². The molecule has 0 spiro atoms. The number of cyclic esters (lactones) is 1. The summed E-state index contributed by atoms with van der Waals surface area (Å²) in [4.78, 5) is 11.5. The molecule has 0 bridgehead atoms. The van der Waals surface area contributed by atoms with Gasteiger partial charge in [0, 0.05) is 12.5 Å². The van der Waals surface area contributed by atoms with Gasteiger partial charge in [-0.1, -0.05) is 35.4 Å². The molecule has 0 unspecified atom stereocenters. The molecule has 0 N–H and O–H groups in total. The Morgan fingerprint density at radius 1 is 0.967 bits per heavy atom. The topological polar surface area (TPSA) is 54.0 Å². The molecule has 2 aromatic carbocycles. The monoisotopic (exact) mass is 406 g/mol. The third kappa shape index (κ3) is 4.92. The van der Waals surface area contributed by atoms with E-state index in [2.05, 4.69) is 0 Å². The van der Waals surface area contributed by atoms with E-state index in [4.69, 9.17) is 18.9 Å². The lowest BCUT2D eigenvalue weighted by Crippen LogP contribution is -2.32. The summed E-state index contributed by atoms with van der Waals surface area (Å²) < 4.78 is 23.7. The molecule has 156 valence electrons. The second-order valence-electron chi connectivity index (χ2n) is 7.82. The van der Waals surface area contributed by atoms with E-state index in [1.54, 1.807) is 0 Å². The van der Waals surface area contributed by atoms with Gasteiger partial charge in [0.25, 0.3) is 0 Å². The summed E-state index contributed by atoms with van der Waals surface area (Å²) in [6, 6.07) is 15.9. The molecule has 0 aromatic heterocycles. The average Bonchev–Trinajstić information content (AvgIpc) is 3.25. The van der Waals surface area contributed by atoms with Crippen molar-refractivity contribution in [3.8, 4) is 11.5 Å². The molecule has 2 aromatic rings. The van der Waals surface area contributed by atoms with Gasteiger partial charge in [0.1, 0.15) is 36.1 Å². The second kappa shape index (κ2) is 8.76. The Labute approximate surface area is 176 Å². The summed E-state index contributed by atoms with van der Waals surface area (Å²) in [5, 5.41) is 0. The van der Waals surface area contributed by atoms with Crippen LogP contribution in [0, 0.1) is 13.8 Å². The maximum atomic E-state index is 11.5. The first-order valence-corrected chi connectivity index (χ1v) is 10.2. The molecule has 2 aliphatic rings. The van der Waals surface area contributed by atoms with Gasteiger partial charge in [-0.05, 0) is 56.7 Å². The lowest BCUT2D eigenvalue weighted by atomic mass is 10.1. The Morgan fingerprint density at radius 3 is 2.20 bits per heavy atom. The molecule has 2 aliphatic heterocycles. The number of hydrogen-bond donors (Lipinski definition) is 0. The predicted molar refractivity (Wildman–Crippen MR) is 113 cm³/mol. The standard InChI is InChI=1S/C25H26O5/c1-16-4-8-19(9-5-16)27-15-24-23(28-20-10-6-17(2)7-11-20)14-21(29-24)13-22-18(3)12-25(26)30-22/h4-13,21,23-24H,14-15H2,1-3H3/b22-13-/t21-,23-,24+/m0/s1. The number of rotatable bonds is 6. The van der Waals surface area contributed by atoms with Crippen molar-refractivity contribution >= 4 is 5.97 Å². The minimum atomic E-state index is -0.344. The van der Waals surface area contributed by atoms with Gasteiger partial charge in [-0.3, -0.25) is 0 Å². The average molecular weight is 406 g/mol. The molecular weight excluding hydrogens is 380 g/mol. The number of ether oxygens (including phenoxy) is 4. The predicted octanol–water partition coefficient (Wildman–Crippen LogP) is 4.67. The van der Waals surface area contributed by atoms with Crippen molar-refractivity contribution in [2.45, 2.75) is 45.5 Å². The highest BCUT2D eigenvalue weighted by Crippen LogP contribution is 2.30. The summed E-state index contributed by atoms with van der Waals surface area (Å²) in [7, 11) is 0. The lowest BCUT2D eigenvalue weighted by molar-refractivity contribution is -0.132. The van der Waals surface area contributed by atoms with Crippen LogP contribution in [0.2, 0.25) is 0 Å². The minimum Gasteiger partial charge on any atom is -0.491 e. The SMILES string of the molecule is CC1=CC(=O)O/C1=C\[C@H]1C[C@H](Oc2ccc(C)cc2)[C@@H](COc2ccc(C)cc2)O1. The molecule has 4 rings (SSSR count). The number of esters is 1. The smallest absolute Gasteiger partial charge is 0.336 e. The fourth-order valence-corrected chi connectivity index (χ4v) is 3.53. The molecule has 5 nitrogen and oxygen atoms in total. The zero-order valence-corrected chi connectivity index (χ0v) is 17.5. The molecule has 0 radical (unpaired) electrons. The van der Waals surface area contributed by atoms with E-state index in [-0.39, 0.29) is 24.3 Å². The first kappa shape index (κ1) is 20.2. The van der Waals surface area contributed by atoms with Gasteiger partial charge in [-0.25, -0.2) is 4.79 Å². The number of carbonyl (C=O) groups excluding carboxylic acids is 1. The van der Waals surface area contributed by atoms with Gasteiger partial charge in [-0.15, -0.1) is 0 Å². The molecule has 0 amide bonds. The minimum absolute atomic E-state index is 0.179. The zero-order valence-electron chi connectivity index (χ0n) is 17.5. The van der Waals surface area contributed by atoms with Crippen LogP contribution in [0.25, 0.3) is 0 Å². The van der Waals surface area contributed by atoms with E-state index in [1.165, 1.54) is 17.2 Å². The second-order valence-corrected chi connectivity index (χ2v) is 7.82. The van der Waals surface area contributed by atoms with E-state index in [0.29, 0.717) is 18.8 Å². The van der Waals surface area contributed by atoms with Crippen LogP contribution >= 0.6 is 0 Å². The first-order valence-electron chi connectivity index (χ1n) is 10.2. The van der Waals surface area contributed by atoms with Crippen LogP contribution in [-0.4, -0.2) is 30.9 Å². The quantitative estimate of drug-likeness (QED) is 0.653. The number of hydrogen-bond acceptors (Lipinski definition) is 5. The van der Waals surface area contributed by atoms with Gasteiger partial charge >= 0.3 is 5.97 Å². The molecule has 5 heteroatoms. The Morgan fingerprint density at radius 2 is 1.60 bits per heavy atom. The van der Waals surface area contributed by atoms with Crippen LogP contribution in [0.5, 0.6) is 11.5 Å². The molecule has 2 heterocycles. The Kier molecular flexibility index (Phi) is 5.91. The fourth-order valence-electron chi connectivity index (χ4n) is 3.53. The molecule has 30 heavy (non-hydrogen) atoms. The van der Waals surface area contributed by atoms with Crippen LogP contribution in [0.15, 0.2) is 72.0 Å². The first-order chi connectivity index (χ1) is 14.5. The lowest BCUT2D eigenvalue weighted by Gasteiger charge is -2.20. The van der Waals surface area contributed by atoms with Crippen LogP contribution in [-0.2, 0) is 14.3 Å². The summed E-state index contributed by atoms with van der Waals surface area (Å²) in [6.07, 6.45) is 3.32. The van der Waals surface area contributed by atoms with Crippen LogP contribution in [0.3, 0.4) is 0 Å². The van der Waals surface area contributed by atoms with Crippen molar-refractivity contribution in [3.05, 3.63) is 83.1 Å². The molecule has 0 aliphatic carbocycles. The molecule has 0 saturated carbocycles. The Hall–Kier alpha value is -3.05. The van der Waals surface area contributed by atoms with E-state index in [1.807, 2.05) is 75.4 Å². The summed E-state index contributed by atoms with van der Waals surface area (Å²) in [5.41, 5.74) is 3.16. The Bertz CT molecular complexity index is 956. The van der Waals surface area contributed by atoms with Gasteiger partial charge in [0.15, 0.2) is 0 Å². The van der Waals surface area contributed by atoms with Gasteiger partial charge in [-0.2, -0.15) is 0 Å². The molecule has 1 saturated heterocycles. The van der Waals surface area contributed by atoms with Crippen molar-refractivity contribution in [1.82, 2.24) is 0 Å². The normalized spacial score (nSPS) is 24.6. The van der Waals surface area contributed by atoms with E-state index in [9.17, 15) is 4.79 Å². The number of allylic oxidation sites excluding steroid dienone is 1. The van der Waals surface area contributed by atoms with Gasteiger partial charge in [0.05, 0.1) is 6.10 Å². The van der Waals surface area contributed by atoms with Crippen LogP contribution < -0.4 is 9.47 Å². The number of benzene rings is 2. The Balaban J connectivity index is 1.47. The summed E-state index contributed by atoms with van der Waals surface area (Å²) >= 11 is 0. The number of carbonyl (C=O) groups is 1. The van der Waals surface area contributed by atoms with Crippen LogP contribution in [0.1, 0.15) is 24.5 Å². The largest absolute Gasteiger partial charge is 0.491 e. The maximum absolute atomic E-state index is 11.5. The summed E-state index contributed by atoms with van der Waals surface area (Å²) in [6.45, 7) is 6.30. The van der Waals surface area contributed by atoms with Crippen molar-refractivity contribution in [2.75, 3.05) is 6.61 Å². The van der Waals surface area contributed by atoms with Crippen molar-refractivity contribution in [3.63, 3.8) is 0 Å². The van der Waals surface area contributed by atoms with Crippen molar-refractivity contribution in [2.24, 2.45) is 0 Å².